The van der Waals surface area contributed by atoms with Gasteiger partial charge >= 0.3 is 5.88 Å². The lowest BCUT2D eigenvalue weighted by Crippen LogP contribution is -2.36. The summed E-state index contributed by atoms with van der Waals surface area (Å²) in [5.41, 5.74) is 3.22. The van der Waals surface area contributed by atoms with Crippen LogP contribution in [-0.4, -0.2) is 46.7 Å². The second-order valence-electron chi connectivity index (χ2n) is 8.81. The van der Waals surface area contributed by atoms with Gasteiger partial charge in [0.1, 0.15) is 10.7 Å². The predicted molar refractivity (Wildman–Crippen MR) is 125 cm³/mol. The van der Waals surface area contributed by atoms with Crippen molar-refractivity contribution in [2.24, 2.45) is 5.92 Å². The molecule has 1 atom stereocenters. The van der Waals surface area contributed by atoms with Gasteiger partial charge in [-0.1, -0.05) is 13.8 Å². The van der Waals surface area contributed by atoms with E-state index in [4.69, 9.17) is 14.1 Å². The third-order valence-electron chi connectivity index (χ3n) is 5.83. The zero-order valence-electron chi connectivity index (χ0n) is 19.3. The number of ether oxygens (including phenoxy) is 1. The van der Waals surface area contributed by atoms with E-state index in [1.807, 2.05) is 13.0 Å². The Bertz CT molecular complexity index is 1180. The number of benzene rings is 1. The fraction of sp³-hybridized carbons (Fsp3) is 0.478. The first-order valence-corrected chi connectivity index (χ1v) is 11.2. The standard InChI is InChI=1S/C23H29N5O5/c1-14(2)11-15(3)27-16(4)24-18-12-17(19(13-20(18)27)26-7-9-32-10-8-26)25-23(29)21-5-6-22(33-21)28(30)31/h5-6,12-15H,7-11H2,1-4H3,(H,25,29). The smallest absolute Gasteiger partial charge is 0.395 e. The Morgan fingerprint density at radius 2 is 1.97 bits per heavy atom. The number of imidazole rings is 1. The third-order valence-corrected chi connectivity index (χ3v) is 5.83. The first-order valence-electron chi connectivity index (χ1n) is 11.2. The van der Waals surface area contributed by atoms with E-state index in [1.54, 1.807) is 0 Å². The van der Waals surface area contributed by atoms with E-state index in [2.05, 4.69) is 41.6 Å². The molecule has 0 spiro atoms. The van der Waals surface area contributed by atoms with Crippen LogP contribution >= 0.6 is 0 Å². The van der Waals surface area contributed by atoms with Gasteiger partial charge in [0.15, 0.2) is 5.76 Å². The SMILES string of the molecule is Cc1nc2cc(NC(=O)c3ccc([N+](=O)[O-])o3)c(N3CCOCC3)cc2n1C(C)CC(C)C. The van der Waals surface area contributed by atoms with Crippen LogP contribution in [0.4, 0.5) is 17.3 Å². The van der Waals surface area contributed by atoms with Crippen LogP contribution < -0.4 is 10.2 Å². The Morgan fingerprint density at radius 3 is 2.61 bits per heavy atom. The van der Waals surface area contributed by atoms with E-state index in [0.29, 0.717) is 37.9 Å². The summed E-state index contributed by atoms with van der Waals surface area (Å²) in [4.78, 5) is 30.0. The summed E-state index contributed by atoms with van der Waals surface area (Å²) < 4.78 is 12.8. The molecule has 1 aromatic carbocycles. The molecule has 3 heterocycles. The molecule has 0 aliphatic carbocycles. The van der Waals surface area contributed by atoms with Crippen LogP contribution in [0.5, 0.6) is 0 Å². The number of anilines is 2. The highest BCUT2D eigenvalue weighted by Gasteiger charge is 2.23. The van der Waals surface area contributed by atoms with E-state index >= 15 is 0 Å². The van der Waals surface area contributed by atoms with Crippen LogP contribution in [0.3, 0.4) is 0 Å². The molecule has 176 valence electrons. The highest BCUT2D eigenvalue weighted by atomic mass is 16.6. The van der Waals surface area contributed by atoms with E-state index in [0.717, 1.165) is 29.0 Å². The minimum absolute atomic E-state index is 0.123. The molecule has 0 saturated carbocycles. The van der Waals surface area contributed by atoms with Crippen LogP contribution in [0.2, 0.25) is 0 Å². The number of aromatic nitrogens is 2. The molecular formula is C23H29N5O5. The quantitative estimate of drug-likeness (QED) is 0.411. The van der Waals surface area contributed by atoms with Gasteiger partial charge in [-0.2, -0.15) is 0 Å². The number of hydrogen-bond acceptors (Lipinski definition) is 7. The Kier molecular flexibility index (Phi) is 6.37. The summed E-state index contributed by atoms with van der Waals surface area (Å²) in [7, 11) is 0. The number of nitrogens with one attached hydrogen (secondary N) is 1. The predicted octanol–water partition coefficient (Wildman–Crippen LogP) is 4.54. The largest absolute Gasteiger partial charge is 0.433 e. The minimum Gasteiger partial charge on any atom is -0.395 e. The summed E-state index contributed by atoms with van der Waals surface area (Å²) in [6.45, 7) is 11.2. The van der Waals surface area contributed by atoms with E-state index < -0.39 is 16.7 Å². The summed E-state index contributed by atoms with van der Waals surface area (Å²) in [6, 6.07) is 6.67. The molecule has 2 aromatic heterocycles. The lowest BCUT2D eigenvalue weighted by atomic mass is 10.0. The van der Waals surface area contributed by atoms with Gasteiger partial charge in [-0.05, 0) is 44.4 Å². The number of amides is 1. The number of hydrogen-bond donors (Lipinski definition) is 1. The molecule has 1 aliphatic heterocycles. The first-order chi connectivity index (χ1) is 15.7. The summed E-state index contributed by atoms with van der Waals surface area (Å²) in [6.07, 6.45) is 1.02. The fourth-order valence-electron chi connectivity index (χ4n) is 4.49. The summed E-state index contributed by atoms with van der Waals surface area (Å²) in [5.74, 6) is 0.309. The number of aryl methyl sites for hydroxylation is 1. The van der Waals surface area contributed by atoms with Gasteiger partial charge in [-0.3, -0.25) is 14.9 Å². The molecule has 1 amide bonds. The van der Waals surface area contributed by atoms with Crippen LogP contribution in [0.25, 0.3) is 11.0 Å². The van der Waals surface area contributed by atoms with Crippen molar-refractivity contribution in [3.05, 3.63) is 46.0 Å². The molecule has 10 heteroatoms. The van der Waals surface area contributed by atoms with Crippen LogP contribution in [0, 0.1) is 23.0 Å². The number of carbonyl (C=O) groups is 1. The highest BCUT2D eigenvalue weighted by Crippen LogP contribution is 2.35. The van der Waals surface area contributed by atoms with Gasteiger partial charge in [-0.25, -0.2) is 4.98 Å². The third kappa shape index (κ3) is 4.70. The molecule has 1 N–H and O–H groups in total. The number of nitrogens with zero attached hydrogens (tertiary/aromatic N) is 4. The van der Waals surface area contributed by atoms with Crippen molar-refractivity contribution in [1.29, 1.82) is 0 Å². The monoisotopic (exact) mass is 455 g/mol. The van der Waals surface area contributed by atoms with E-state index in [9.17, 15) is 14.9 Å². The number of carbonyl (C=O) groups excluding carboxylic acids is 1. The average Bonchev–Trinajstić information content (AvgIpc) is 3.37. The van der Waals surface area contributed by atoms with Crippen molar-refractivity contribution < 1.29 is 18.9 Å². The number of nitro groups is 1. The molecule has 1 saturated heterocycles. The maximum absolute atomic E-state index is 12.8. The normalized spacial score (nSPS) is 15.2. The zero-order valence-corrected chi connectivity index (χ0v) is 19.3. The fourth-order valence-corrected chi connectivity index (χ4v) is 4.49. The Balaban J connectivity index is 1.75. The van der Waals surface area contributed by atoms with Gasteiger partial charge in [0, 0.05) is 19.1 Å². The Hall–Kier alpha value is -3.40. The van der Waals surface area contributed by atoms with Crippen molar-refractivity contribution in [3.8, 4) is 0 Å². The average molecular weight is 456 g/mol. The topological polar surface area (TPSA) is 116 Å². The van der Waals surface area contributed by atoms with Crippen molar-refractivity contribution in [1.82, 2.24) is 9.55 Å². The minimum atomic E-state index is -0.671. The summed E-state index contributed by atoms with van der Waals surface area (Å²) >= 11 is 0. The second kappa shape index (κ2) is 9.22. The van der Waals surface area contributed by atoms with Crippen molar-refractivity contribution in [2.75, 3.05) is 36.5 Å². The lowest BCUT2D eigenvalue weighted by molar-refractivity contribution is -0.402. The molecule has 4 rings (SSSR count). The van der Waals surface area contributed by atoms with Crippen LogP contribution in [0.1, 0.15) is 49.6 Å². The molecule has 1 unspecified atom stereocenters. The van der Waals surface area contributed by atoms with E-state index in [1.165, 1.54) is 12.1 Å². The van der Waals surface area contributed by atoms with Gasteiger partial charge < -0.3 is 23.9 Å². The maximum atomic E-state index is 12.8. The number of fused-ring (bicyclic) bond motifs is 1. The molecular weight excluding hydrogens is 426 g/mol. The van der Waals surface area contributed by atoms with Crippen molar-refractivity contribution >= 4 is 34.2 Å². The highest BCUT2D eigenvalue weighted by molar-refractivity contribution is 6.06. The number of morpholine rings is 1. The first kappa shape index (κ1) is 22.8. The molecule has 0 radical (unpaired) electrons. The Morgan fingerprint density at radius 1 is 1.24 bits per heavy atom. The summed E-state index contributed by atoms with van der Waals surface area (Å²) in [5, 5.41) is 13.8. The lowest BCUT2D eigenvalue weighted by Gasteiger charge is -2.31. The Labute approximate surface area is 191 Å². The molecule has 0 bridgehead atoms. The van der Waals surface area contributed by atoms with Crippen molar-refractivity contribution in [3.63, 3.8) is 0 Å². The van der Waals surface area contributed by atoms with Gasteiger partial charge in [0.2, 0.25) is 0 Å². The molecule has 3 aromatic rings. The second-order valence-corrected chi connectivity index (χ2v) is 8.81. The molecule has 1 fully saturated rings. The van der Waals surface area contributed by atoms with Crippen molar-refractivity contribution in [2.45, 2.75) is 40.2 Å². The van der Waals surface area contributed by atoms with Crippen LogP contribution in [0.15, 0.2) is 28.7 Å². The molecule has 10 nitrogen and oxygen atoms in total. The zero-order chi connectivity index (χ0) is 23.7. The molecule has 33 heavy (non-hydrogen) atoms. The van der Waals surface area contributed by atoms with Gasteiger partial charge in [0.25, 0.3) is 5.91 Å². The van der Waals surface area contributed by atoms with E-state index in [-0.39, 0.29) is 11.8 Å². The maximum Gasteiger partial charge on any atom is 0.433 e. The van der Waals surface area contributed by atoms with Gasteiger partial charge in [0.05, 0.1) is 41.7 Å². The van der Waals surface area contributed by atoms with Gasteiger partial charge in [-0.15, -0.1) is 0 Å². The van der Waals surface area contributed by atoms with Crippen LogP contribution in [-0.2, 0) is 4.74 Å². The number of furan rings is 1. The molecule has 1 aliphatic rings. The number of rotatable bonds is 7.